The van der Waals surface area contributed by atoms with E-state index in [2.05, 4.69) is 0 Å². The van der Waals surface area contributed by atoms with Crippen LogP contribution in [0.1, 0.15) is 10.4 Å². The number of benzene rings is 2. The number of carbonyl (C=O) groups is 1. The molecule has 2 aromatic rings. The summed E-state index contributed by atoms with van der Waals surface area (Å²) < 4.78 is 22.4. The summed E-state index contributed by atoms with van der Waals surface area (Å²) in [5, 5.41) is 10.9. The third-order valence-corrected chi connectivity index (χ3v) is 3.98. The number of hydrogen-bond donors (Lipinski definition) is 0. The first-order chi connectivity index (χ1) is 10.9. The fourth-order valence-electron chi connectivity index (χ4n) is 1.77. The van der Waals surface area contributed by atoms with Crippen molar-refractivity contribution in [1.82, 2.24) is 0 Å². The normalized spacial score (nSPS) is 13.1. The van der Waals surface area contributed by atoms with E-state index in [9.17, 15) is 19.5 Å². The molecule has 0 aliphatic heterocycles. The van der Waals surface area contributed by atoms with Crippen molar-refractivity contribution in [2.75, 3.05) is 13.3 Å². The minimum absolute atomic E-state index is 0.171. The molecule has 2 rings (SSSR count). The molecule has 0 fully saturated rings. The second-order valence-corrected chi connectivity index (χ2v) is 6.63. The van der Waals surface area contributed by atoms with Gasteiger partial charge in [-0.3, -0.25) is 19.4 Å². The van der Waals surface area contributed by atoms with Crippen LogP contribution in [0.2, 0.25) is 0 Å². The molecule has 0 saturated carbocycles. The van der Waals surface area contributed by atoms with Crippen LogP contribution in [0.15, 0.2) is 54.6 Å². The molecule has 1 atom stereocenters. The third-order valence-electron chi connectivity index (χ3n) is 2.85. The molecular weight excluding hydrogens is 321 g/mol. The van der Waals surface area contributed by atoms with Gasteiger partial charge in [0.1, 0.15) is 6.61 Å². The lowest BCUT2D eigenvalue weighted by atomic mass is 10.1. The second-order valence-electron chi connectivity index (χ2n) is 4.65. The molecule has 0 aliphatic rings. The predicted molar refractivity (Wildman–Crippen MR) is 84.0 cm³/mol. The van der Waals surface area contributed by atoms with E-state index in [0.29, 0.717) is 5.56 Å². The van der Waals surface area contributed by atoms with Gasteiger partial charge in [-0.15, -0.1) is 0 Å². The maximum atomic E-state index is 12.3. The van der Waals surface area contributed by atoms with Crippen LogP contribution in [0.3, 0.4) is 0 Å². The molecule has 120 valence electrons. The Morgan fingerprint density at radius 3 is 2.39 bits per heavy atom. The Morgan fingerprint density at radius 2 is 1.74 bits per heavy atom. The fraction of sp³-hybridized carbons (Fsp3) is 0.133. The van der Waals surface area contributed by atoms with Crippen molar-refractivity contribution < 1.29 is 23.3 Å². The van der Waals surface area contributed by atoms with Gasteiger partial charge in [-0.1, -0.05) is 42.5 Å². The first kappa shape index (κ1) is 16.9. The van der Waals surface area contributed by atoms with Gasteiger partial charge in [0.15, 0.2) is 5.78 Å². The molecule has 23 heavy (non-hydrogen) atoms. The minimum Gasteiger partial charge on any atom is -0.417 e. The van der Waals surface area contributed by atoms with Crippen LogP contribution in [0.25, 0.3) is 0 Å². The second kappa shape index (κ2) is 7.17. The van der Waals surface area contributed by atoms with E-state index in [0.717, 1.165) is 6.66 Å². The number of para-hydroxylation sites is 2. The van der Waals surface area contributed by atoms with E-state index in [4.69, 9.17) is 9.05 Å². The van der Waals surface area contributed by atoms with Crippen LogP contribution in [-0.2, 0) is 9.09 Å². The Hall–Kier alpha value is -2.50. The number of Topliss-reactive ketones (excluding diaryl/α,β-unsaturated/α-hetero) is 1. The van der Waals surface area contributed by atoms with E-state index < -0.39 is 19.1 Å². The van der Waals surface area contributed by atoms with Crippen molar-refractivity contribution in [3.05, 3.63) is 70.3 Å². The lowest BCUT2D eigenvalue weighted by molar-refractivity contribution is -0.385. The summed E-state index contributed by atoms with van der Waals surface area (Å²) in [4.78, 5) is 22.2. The average Bonchev–Trinajstić information content (AvgIpc) is 2.53. The molecule has 8 heteroatoms. The molecule has 0 amide bonds. The summed E-state index contributed by atoms with van der Waals surface area (Å²) in [6.07, 6.45) is 0. The summed E-state index contributed by atoms with van der Waals surface area (Å²) in [5.41, 5.74) is 0.0887. The third kappa shape index (κ3) is 4.74. The Labute approximate surface area is 132 Å². The number of hydrogen-bond acceptors (Lipinski definition) is 6. The summed E-state index contributed by atoms with van der Waals surface area (Å²) >= 11 is 0. The lowest BCUT2D eigenvalue weighted by Gasteiger charge is -2.14. The topological polar surface area (TPSA) is 95.7 Å². The largest absolute Gasteiger partial charge is 0.417 e. The molecule has 0 spiro atoms. The van der Waals surface area contributed by atoms with Crippen molar-refractivity contribution in [2.24, 2.45) is 0 Å². The molecule has 0 radical (unpaired) electrons. The fourth-order valence-corrected chi connectivity index (χ4v) is 2.69. The molecule has 1 unspecified atom stereocenters. The number of ketones is 1. The molecule has 0 bridgehead atoms. The predicted octanol–water partition coefficient (Wildman–Crippen LogP) is 3.70. The number of nitro benzene ring substituents is 1. The van der Waals surface area contributed by atoms with Crippen LogP contribution in [-0.4, -0.2) is 24.0 Å². The van der Waals surface area contributed by atoms with Gasteiger partial charge in [0.05, 0.1) is 4.92 Å². The van der Waals surface area contributed by atoms with Crippen molar-refractivity contribution in [1.29, 1.82) is 0 Å². The van der Waals surface area contributed by atoms with E-state index >= 15 is 0 Å². The van der Waals surface area contributed by atoms with Gasteiger partial charge >= 0.3 is 13.3 Å². The van der Waals surface area contributed by atoms with Crippen LogP contribution < -0.4 is 4.52 Å². The van der Waals surface area contributed by atoms with Crippen molar-refractivity contribution in [3.8, 4) is 5.75 Å². The van der Waals surface area contributed by atoms with Crippen LogP contribution in [0.4, 0.5) is 5.69 Å². The van der Waals surface area contributed by atoms with Gasteiger partial charge in [0.2, 0.25) is 5.75 Å². The van der Waals surface area contributed by atoms with Gasteiger partial charge in [-0.25, -0.2) is 4.57 Å². The van der Waals surface area contributed by atoms with Crippen molar-refractivity contribution >= 4 is 19.1 Å². The molecule has 0 aliphatic carbocycles. The smallest absolute Gasteiger partial charge is 0.376 e. The summed E-state index contributed by atoms with van der Waals surface area (Å²) in [7, 11) is -3.68. The minimum atomic E-state index is -3.68. The average molecular weight is 335 g/mol. The van der Waals surface area contributed by atoms with Gasteiger partial charge in [-0.2, -0.15) is 0 Å². The highest BCUT2D eigenvalue weighted by atomic mass is 31.2. The molecule has 7 nitrogen and oxygen atoms in total. The highest BCUT2D eigenvalue weighted by Crippen LogP contribution is 2.46. The van der Waals surface area contributed by atoms with Crippen molar-refractivity contribution in [3.63, 3.8) is 0 Å². The Kier molecular flexibility index (Phi) is 5.26. The zero-order chi connectivity index (χ0) is 16.9. The number of rotatable bonds is 7. The maximum Gasteiger partial charge on any atom is 0.376 e. The van der Waals surface area contributed by atoms with E-state index in [1.165, 1.54) is 24.3 Å². The Morgan fingerprint density at radius 1 is 1.13 bits per heavy atom. The number of nitro groups is 1. The monoisotopic (exact) mass is 335 g/mol. The number of nitrogens with zero attached hydrogens (tertiary/aromatic N) is 1. The quantitative estimate of drug-likeness (QED) is 0.331. The lowest BCUT2D eigenvalue weighted by Crippen LogP contribution is -2.09. The molecule has 0 N–H and O–H groups in total. The van der Waals surface area contributed by atoms with Gasteiger partial charge in [0.25, 0.3) is 0 Å². The molecule has 0 saturated heterocycles. The highest BCUT2D eigenvalue weighted by Gasteiger charge is 2.25. The van der Waals surface area contributed by atoms with E-state index in [1.54, 1.807) is 30.3 Å². The van der Waals surface area contributed by atoms with Gasteiger partial charge in [-0.05, 0) is 6.07 Å². The summed E-state index contributed by atoms with van der Waals surface area (Å²) in [6, 6.07) is 13.9. The standard InChI is InChI=1S/C15H14NO6P/c1-23(20,21-11-14(17)12-7-3-2-4-8-12)22-15-10-6-5-9-13(15)16(18)19/h2-10H,11H2,1H3. The van der Waals surface area contributed by atoms with Crippen molar-refractivity contribution in [2.45, 2.75) is 0 Å². The molecule has 2 aromatic carbocycles. The summed E-state index contributed by atoms with van der Waals surface area (Å²) in [5.74, 6) is -0.533. The van der Waals surface area contributed by atoms with E-state index in [-0.39, 0.29) is 17.2 Å². The molecular formula is C15H14NO6P. The summed E-state index contributed by atoms with van der Waals surface area (Å²) in [6.45, 7) is 0.709. The van der Waals surface area contributed by atoms with E-state index in [1.807, 2.05) is 0 Å². The molecule has 0 heterocycles. The van der Waals surface area contributed by atoms with Crippen LogP contribution >= 0.6 is 7.60 Å². The van der Waals surface area contributed by atoms with Gasteiger partial charge in [0, 0.05) is 18.3 Å². The van der Waals surface area contributed by atoms with Gasteiger partial charge < -0.3 is 4.52 Å². The highest BCUT2D eigenvalue weighted by molar-refractivity contribution is 7.53. The Balaban J connectivity index is 2.04. The zero-order valence-electron chi connectivity index (χ0n) is 12.2. The number of carbonyl (C=O) groups excluding carboxylic acids is 1. The first-order valence-corrected chi connectivity index (χ1v) is 8.61. The first-order valence-electron chi connectivity index (χ1n) is 6.62. The SMILES string of the molecule is CP(=O)(OCC(=O)c1ccccc1)Oc1ccccc1[N+](=O)[O-]. The zero-order valence-corrected chi connectivity index (χ0v) is 13.1. The van der Waals surface area contributed by atoms with Crippen LogP contribution in [0.5, 0.6) is 5.75 Å². The Bertz CT molecular complexity index is 762. The van der Waals surface area contributed by atoms with Crippen LogP contribution in [0, 0.1) is 10.1 Å². The molecule has 0 aromatic heterocycles. The maximum absolute atomic E-state index is 12.3.